The number of nitrogens with zero attached hydrogens (tertiary/aromatic N) is 1. The first-order valence-electron chi connectivity index (χ1n) is 7.86. The summed E-state index contributed by atoms with van der Waals surface area (Å²) >= 11 is 0. The van der Waals surface area contributed by atoms with Gasteiger partial charge in [-0.1, -0.05) is 56.2 Å². The molecule has 2 aromatic rings. The zero-order valence-corrected chi connectivity index (χ0v) is 13.1. The molecule has 1 aromatic carbocycles. The van der Waals surface area contributed by atoms with E-state index < -0.39 is 0 Å². The van der Waals surface area contributed by atoms with E-state index in [-0.39, 0.29) is 0 Å². The zero-order valence-electron chi connectivity index (χ0n) is 13.1. The van der Waals surface area contributed by atoms with Crippen LogP contribution in [0, 0.1) is 24.2 Å². The van der Waals surface area contributed by atoms with Crippen LogP contribution in [0.2, 0.25) is 0 Å². The van der Waals surface area contributed by atoms with Crippen LogP contribution in [0.3, 0.4) is 0 Å². The van der Waals surface area contributed by atoms with E-state index in [1.54, 1.807) is 6.07 Å². The van der Waals surface area contributed by atoms with Crippen molar-refractivity contribution in [2.75, 3.05) is 0 Å². The molecule has 0 unspecified atom stereocenters. The van der Waals surface area contributed by atoms with Crippen LogP contribution < -0.4 is 0 Å². The molecule has 0 saturated carbocycles. The molecule has 22 heavy (non-hydrogen) atoms. The number of terminal acetylenes is 1. The highest BCUT2D eigenvalue weighted by atomic mass is 14.7. The van der Waals surface area contributed by atoms with Crippen molar-refractivity contribution in [2.24, 2.45) is 0 Å². The third-order valence-electron chi connectivity index (χ3n) is 3.50. The van der Waals surface area contributed by atoms with E-state index >= 15 is 0 Å². The fraction of sp³-hybridized carbons (Fsp3) is 0.286. The Labute approximate surface area is 133 Å². The minimum Gasteiger partial charge on any atom is -0.231 e. The highest BCUT2D eigenvalue weighted by Crippen LogP contribution is 2.09. The number of aryl methyl sites for hydroxylation is 1. The number of aromatic nitrogens is 1. The smallest absolute Gasteiger partial charge is 0.115 e. The van der Waals surface area contributed by atoms with Gasteiger partial charge in [-0.15, -0.1) is 6.42 Å². The van der Waals surface area contributed by atoms with Crippen LogP contribution in [0.15, 0.2) is 42.5 Å². The van der Waals surface area contributed by atoms with Crippen LogP contribution in [0.1, 0.15) is 55.1 Å². The molecule has 1 nitrogen and oxygen atoms in total. The molecule has 0 aliphatic carbocycles. The Morgan fingerprint density at radius 3 is 2.41 bits per heavy atom. The topological polar surface area (TPSA) is 12.9 Å². The molecule has 0 amide bonds. The summed E-state index contributed by atoms with van der Waals surface area (Å²) in [5, 5.41) is 0. The van der Waals surface area contributed by atoms with Gasteiger partial charge >= 0.3 is 0 Å². The lowest BCUT2D eigenvalue weighted by molar-refractivity contribution is 0.667. The van der Waals surface area contributed by atoms with Crippen LogP contribution in [0.4, 0.5) is 0 Å². The van der Waals surface area contributed by atoms with Gasteiger partial charge < -0.3 is 0 Å². The largest absolute Gasteiger partial charge is 0.231 e. The summed E-state index contributed by atoms with van der Waals surface area (Å²) in [6.45, 7) is 2.24. The third-order valence-corrected chi connectivity index (χ3v) is 3.50. The van der Waals surface area contributed by atoms with Crippen molar-refractivity contribution in [1.82, 2.24) is 4.98 Å². The van der Waals surface area contributed by atoms with Crippen LogP contribution >= 0.6 is 0 Å². The van der Waals surface area contributed by atoms with Gasteiger partial charge in [-0.3, -0.25) is 0 Å². The third kappa shape index (κ3) is 5.12. The second-order valence-electron chi connectivity index (χ2n) is 5.31. The van der Waals surface area contributed by atoms with E-state index in [2.05, 4.69) is 53.9 Å². The molecular formula is C21H21N. The number of unbranched alkanes of at least 4 members (excludes halogenated alkanes) is 3. The number of hydrogen-bond acceptors (Lipinski definition) is 1. The minimum atomic E-state index is 0.620. The lowest BCUT2D eigenvalue weighted by Gasteiger charge is -2.01. The molecule has 0 fully saturated rings. The monoisotopic (exact) mass is 287 g/mol. The molecule has 1 aromatic heterocycles. The summed E-state index contributed by atoms with van der Waals surface area (Å²) in [5.41, 5.74) is 3.72. The number of rotatable bonds is 5. The van der Waals surface area contributed by atoms with Gasteiger partial charge in [0.1, 0.15) is 11.4 Å². The van der Waals surface area contributed by atoms with Crippen molar-refractivity contribution in [3.8, 4) is 24.2 Å². The molecular weight excluding hydrogens is 266 g/mol. The molecule has 2 rings (SSSR count). The van der Waals surface area contributed by atoms with Crippen LogP contribution in [-0.2, 0) is 6.42 Å². The first-order valence-corrected chi connectivity index (χ1v) is 7.86. The van der Waals surface area contributed by atoms with Gasteiger partial charge in [-0.05, 0) is 48.6 Å². The number of hydrogen-bond donors (Lipinski definition) is 0. The molecule has 0 N–H and O–H groups in total. The molecule has 0 spiro atoms. The van der Waals surface area contributed by atoms with E-state index in [0.29, 0.717) is 11.4 Å². The van der Waals surface area contributed by atoms with Crippen LogP contribution in [0.5, 0.6) is 0 Å². The van der Waals surface area contributed by atoms with E-state index in [4.69, 9.17) is 6.42 Å². The quantitative estimate of drug-likeness (QED) is 0.579. The molecule has 0 atom stereocenters. The van der Waals surface area contributed by atoms with Gasteiger partial charge in [0.25, 0.3) is 0 Å². The van der Waals surface area contributed by atoms with Gasteiger partial charge in [0.05, 0.1) is 0 Å². The van der Waals surface area contributed by atoms with Crippen molar-refractivity contribution in [1.29, 1.82) is 0 Å². The average molecular weight is 287 g/mol. The summed E-state index contributed by atoms with van der Waals surface area (Å²) in [4.78, 5) is 4.27. The molecule has 0 radical (unpaired) electrons. The maximum Gasteiger partial charge on any atom is 0.115 e. The van der Waals surface area contributed by atoms with Crippen molar-refractivity contribution < 1.29 is 0 Å². The SMILES string of the molecule is C#Cc1cccc(C#Cc2ccc(CCCCCC)cc2)n1. The standard InChI is InChI=1S/C21H21N/c1-3-5-6-7-9-18-12-14-19(15-13-18)16-17-21-11-8-10-20(4-2)22-21/h2,8,10-15H,3,5-7,9H2,1H3. The van der Waals surface area contributed by atoms with Crippen molar-refractivity contribution >= 4 is 0 Å². The van der Waals surface area contributed by atoms with E-state index in [1.807, 2.05) is 12.1 Å². The zero-order chi connectivity index (χ0) is 15.6. The first-order chi connectivity index (χ1) is 10.8. The van der Waals surface area contributed by atoms with Crippen molar-refractivity contribution in [3.05, 3.63) is 65.0 Å². The van der Waals surface area contributed by atoms with Gasteiger partial charge in [-0.2, -0.15) is 0 Å². The molecule has 0 aliphatic rings. The lowest BCUT2D eigenvalue weighted by atomic mass is 10.0. The van der Waals surface area contributed by atoms with Crippen LogP contribution in [-0.4, -0.2) is 4.98 Å². The Kier molecular flexibility index (Phi) is 6.28. The molecule has 110 valence electrons. The van der Waals surface area contributed by atoms with Crippen molar-refractivity contribution in [3.63, 3.8) is 0 Å². The number of benzene rings is 1. The summed E-state index contributed by atoms with van der Waals surface area (Å²) in [7, 11) is 0. The van der Waals surface area contributed by atoms with E-state index in [0.717, 1.165) is 12.0 Å². The predicted octanol–water partition coefficient (Wildman–Crippen LogP) is 4.59. The number of pyridine rings is 1. The van der Waals surface area contributed by atoms with Crippen LogP contribution in [0.25, 0.3) is 0 Å². The molecule has 0 aliphatic heterocycles. The molecule has 0 saturated heterocycles. The van der Waals surface area contributed by atoms with E-state index in [9.17, 15) is 0 Å². The van der Waals surface area contributed by atoms with E-state index in [1.165, 1.54) is 31.2 Å². The van der Waals surface area contributed by atoms with Crippen molar-refractivity contribution in [2.45, 2.75) is 39.0 Å². The lowest BCUT2D eigenvalue weighted by Crippen LogP contribution is -1.87. The van der Waals surface area contributed by atoms with Gasteiger partial charge in [0.2, 0.25) is 0 Å². The highest BCUT2D eigenvalue weighted by Gasteiger charge is 1.95. The molecule has 1 heteroatoms. The highest BCUT2D eigenvalue weighted by molar-refractivity contribution is 5.42. The summed E-state index contributed by atoms with van der Waals surface area (Å²) in [6, 6.07) is 14.0. The second kappa shape index (κ2) is 8.71. The fourth-order valence-electron chi connectivity index (χ4n) is 2.23. The first kappa shape index (κ1) is 15.9. The summed E-state index contributed by atoms with van der Waals surface area (Å²) in [5.74, 6) is 8.72. The Balaban J connectivity index is 1.97. The fourth-order valence-corrected chi connectivity index (χ4v) is 2.23. The summed E-state index contributed by atoms with van der Waals surface area (Å²) in [6.07, 6.45) is 11.7. The Morgan fingerprint density at radius 2 is 1.68 bits per heavy atom. The normalized spacial score (nSPS) is 9.64. The van der Waals surface area contributed by atoms with Gasteiger partial charge in [-0.25, -0.2) is 4.98 Å². The maximum atomic E-state index is 5.34. The molecule has 0 bridgehead atoms. The summed E-state index contributed by atoms with van der Waals surface area (Å²) < 4.78 is 0. The minimum absolute atomic E-state index is 0.620. The molecule has 1 heterocycles. The maximum absolute atomic E-state index is 5.34. The Morgan fingerprint density at radius 1 is 0.909 bits per heavy atom. The van der Waals surface area contributed by atoms with Gasteiger partial charge in [0.15, 0.2) is 0 Å². The average Bonchev–Trinajstić information content (AvgIpc) is 2.58. The Bertz CT molecular complexity index is 693. The Hall–Kier alpha value is -2.51. The van der Waals surface area contributed by atoms with Gasteiger partial charge in [0, 0.05) is 5.56 Å². The second-order valence-corrected chi connectivity index (χ2v) is 5.31. The predicted molar refractivity (Wildman–Crippen MR) is 92.4 cm³/mol.